The van der Waals surface area contributed by atoms with Crippen molar-refractivity contribution in [3.63, 3.8) is 0 Å². The zero-order valence-corrected chi connectivity index (χ0v) is 23.8. The Bertz CT molecular complexity index is 1660. The number of anilines is 3. The number of hydrogen-bond donors (Lipinski definition) is 3. The third kappa shape index (κ3) is 6.75. The molecule has 3 amide bonds. The van der Waals surface area contributed by atoms with Crippen LogP contribution in [-0.2, 0) is 11.3 Å². The summed E-state index contributed by atoms with van der Waals surface area (Å²) in [5, 5.41) is 16.5. The van der Waals surface area contributed by atoms with Crippen molar-refractivity contribution in [2.75, 3.05) is 31.8 Å². The second-order valence-electron chi connectivity index (χ2n) is 10.1. The summed E-state index contributed by atoms with van der Waals surface area (Å²) in [4.78, 5) is 43.7. The van der Waals surface area contributed by atoms with E-state index in [-0.39, 0.29) is 40.8 Å². The highest BCUT2D eigenvalue weighted by Crippen LogP contribution is 2.38. The predicted octanol–water partition coefficient (Wildman–Crippen LogP) is 4.41. The van der Waals surface area contributed by atoms with Gasteiger partial charge in [-0.2, -0.15) is 0 Å². The van der Waals surface area contributed by atoms with Crippen LogP contribution in [0.4, 0.5) is 21.6 Å². The summed E-state index contributed by atoms with van der Waals surface area (Å²) in [7, 11) is 4.66. The van der Waals surface area contributed by atoms with Crippen molar-refractivity contribution >= 4 is 34.9 Å². The van der Waals surface area contributed by atoms with E-state index in [2.05, 4.69) is 31.1 Å². The van der Waals surface area contributed by atoms with Gasteiger partial charge in [0.1, 0.15) is 17.3 Å². The molecule has 1 aliphatic rings. The molecule has 1 aliphatic carbocycles. The third-order valence-electron chi connectivity index (χ3n) is 6.90. The van der Waals surface area contributed by atoms with Gasteiger partial charge in [-0.05, 0) is 42.7 Å². The number of amides is 3. The Morgan fingerprint density at radius 2 is 1.79 bits per heavy atom. The quantitative estimate of drug-likeness (QED) is 0.250. The van der Waals surface area contributed by atoms with Crippen LogP contribution in [0.5, 0.6) is 5.75 Å². The SMILES string of the molecule is CNC(=O)c1nnc(NC(=O)C2CC2)cc1Nc1cccc(-c2ccc(C(=O)N(C)Cc3ccc(F)cc3)nc2)c1OC. The Balaban J connectivity index is 1.38. The highest BCUT2D eigenvalue weighted by molar-refractivity contribution is 6.00. The first kappa shape index (κ1) is 29.1. The maximum Gasteiger partial charge on any atom is 0.273 e. The van der Waals surface area contributed by atoms with Crippen LogP contribution in [-0.4, -0.2) is 59.0 Å². The van der Waals surface area contributed by atoms with Gasteiger partial charge in [0.25, 0.3) is 11.8 Å². The van der Waals surface area contributed by atoms with Crippen LogP contribution in [0.25, 0.3) is 11.1 Å². The van der Waals surface area contributed by atoms with Crippen LogP contribution in [0.15, 0.2) is 66.9 Å². The third-order valence-corrected chi connectivity index (χ3v) is 6.90. The number of nitrogens with one attached hydrogen (secondary N) is 3. The number of methoxy groups -OCH3 is 1. The van der Waals surface area contributed by atoms with Crippen LogP contribution >= 0.6 is 0 Å². The van der Waals surface area contributed by atoms with Crippen molar-refractivity contribution in [3.05, 3.63) is 89.6 Å². The van der Waals surface area contributed by atoms with Gasteiger partial charge in [0, 0.05) is 49.9 Å². The lowest BCUT2D eigenvalue weighted by molar-refractivity contribution is -0.117. The largest absolute Gasteiger partial charge is 0.494 e. The van der Waals surface area contributed by atoms with Crippen LogP contribution in [0, 0.1) is 11.7 Å². The van der Waals surface area contributed by atoms with Crippen molar-refractivity contribution in [2.45, 2.75) is 19.4 Å². The van der Waals surface area contributed by atoms with Crippen LogP contribution < -0.4 is 20.7 Å². The molecule has 4 aromatic rings. The molecule has 2 aromatic heterocycles. The summed E-state index contributed by atoms with van der Waals surface area (Å²) in [5.74, 6) is -0.566. The monoisotopic (exact) mass is 583 g/mol. The Morgan fingerprint density at radius 1 is 1.02 bits per heavy atom. The van der Waals surface area contributed by atoms with Crippen LogP contribution in [0.3, 0.4) is 0 Å². The standard InChI is InChI=1S/C31H30FN7O4/c1-33-30(41)27-25(15-26(37-38-27)36-29(40)19-9-10-19)35-23-6-4-5-22(28(23)43-3)20-11-14-24(34-16-20)31(42)39(2)17-18-7-12-21(32)13-8-18/h4-8,11-16,19H,9-10,17H2,1-3H3,(H,33,41)(H2,35,36,37,40). The molecule has 220 valence electrons. The number of carbonyl (C=O) groups excluding carboxylic acids is 3. The fourth-order valence-electron chi connectivity index (χ4n) is 4.45. The van der Waals surface area contributed by atoms with Crippen LogP contribution in [0.1, 0.15) is 39.4 Å². The molecule has 1 saturated carbocycles. The van der Waals surface area contributed by atoms with Gasteiger partial charge in [0.15, 0.2) is 11.5 Å². The molecule has 0 aliphatic heterocycles. The minimum Gasteiger partial charge on any atom is -0.494 e. The van der Waals surface area contributed by atoms with Crippen molar-refractivity contribution in [2.24, 2.45) is 5.92 Å². The summed E-state index contributed by atoms with van der Waals surface area (Å²) in [5.41, 5.74) is 3.30. The smallest absolute Gasteiger partial charge is 0.273 e. The van der Waals surface area contributed by atoms with Gasteiger partial charge in [-0.1, -0.05) is 30.3 Å². The fraction of sp³-hybridized carbons (Fsp3) is 0.226. The summed E-state index contributed by atoms with van der Waals surface area (Å²) in [6, 6.07) is 16.3. The van der Waals surface area contributed by atoms with Gasteiger partial charge in [0.2, 0.25) is 5.91 Å². The van der Waals surface area contributed by atoms with Crippen molar-refractivity contribution in [3.8, 4) is 16.9 Å². The van der Waals surface area contributed by atoms with Gasteiger partial charge in [-0.15, -0.1) is 10.2 Å². The summed E-state index contributed by atoms with van der Waals surface area (Å²) >= 11 is 0. The maximum absolute atomic E-state index is 13.2. The molecule has 0 bridgehead atoms. The van der Waals surface area contributed by atoms with Crippen molar-refractivity contribution in [1.82, 2.24) is 25.4 Å². The zero-order valence-electron chi connectivity index (χ0n) is 23.8. The number of ether oxygens (including phenoxy) is 1. The molecule has 0 saturated heterocycles. The molecule has 0 spiro atoms. The van der Waals surface area contributed by atoms with Crippen molar-refractivity contribution in [1.29, 1.82) is 0 Å². The molecular formula is C31H30FN7O4. The van der Waals surface area contributed by atoms with Gasteiger partial charge in [-0.25, -0.2) is 4.39 Å². The van der Waals surface area contributed by atoms with E-state index in [1.54, 1.807) is 55.7 Å². The Hall–Kier alpha value is -5.39. The zero-order chi connectivity index (χ0) is 30.5. The average molecular weight is 584 g/mol. The van der Waals surface area contributed by atoms with Crippen molar-refractivity contribution < 1.29 is 23.5 Å². The lowest BCUT2D eigenvalue weighted by atomic mass is 10.0. The second-order valence-corrected chi connectivity index (χ2v) is 10.1. The normalized spacial score (nSPS) is 12.3. The number of nitrogens with zero attached hydrogens (tertiary/aromatic N) is 4. The number of halogens is 1. The molecule has 12 heteroatoms. The summed E-state index contributed by atoms with van der Waals surface area (Å²) in [6.07, 6.45) is 3.25. The minimum atomic E-state index is -0.459. The molecule has 2 heterocycles. The average Bonchev–Trinajstić information content (AvgIpc) is 3.88. The van der Waals surface area contributed by atoms with Gasteiger partial charge in [-0.3, -0.25) is 19.4 Å². The molecule has 43 heavy (non-hydrogen) atoms. The van der Waals surface area contributed by atoms with E-state index in [9.17, 15) is 18.8 Å². The molecular weight excluding hydrogens is 553 g/mol. The molecule has 0 atom stereocenters. The van der Waals surface area contributed by atoms with E-state index in [0.29, 0.717) is 34.8 Å². The Labute approximate surface area is 247 Å². The first-order valence-corrected chi connectivity index (χ1v) is 13.6. The second kappa shape index (κ2) is 12.6. The van der Waals surface area contributed by atoms with E-state index in [1.165, 1.54) is 31.2 Å². The highest BCUT2D eigenvalue weighted by atomic mass is 19.1. The van der Waals surface area contributed by atoms with E-state index in [1.807, 2.05) is 6.07 Å². The summed E-state index contributed by atoms with van der Waals surface area (Å²) < 4.78 is 19.0. The van der Waals surface area contributed by atoms with E-state index in [4.69, 9.17) is 4.74 Å². The molecule has 3 N–H and O–H groups in total. The number of benzene rings is 2. The summed E-state index contributed by atoms with van der Waals surface area (Å²) in [6.45, 7) is 0.304. The topological polar surface area (TPSA) is 138 Å². The lowest BCUT2D eigenvalue weighted by Gasteiger charge is -2.18. The van der Waals surface area contributed by atoms with Crippen LogP contribution in [0.2, 0.25) is 0 Å². The van der Waals surface area contributed by atoms with E-state index >= 15 is 0 Å². The molecule has 11 nitrogen and oxygen atoms in total. The number of hydrogen-bond acceptors (Lipinski definition) is 8. The first-order valence-electron chi connectivity index (χ1n) is 13.6. The highest BCUT2D eigenvalue weighted by Gasteiger charge is 2.30. The van der Waals surface area contributed by atoms with E-state index in [0.717, 1.165) is 18.4 Å². The molecule has 2 aromatic carbocycles. The van der Waals surface area contributed by atoms with Gasteiger partial charge >= 0.3 is 0 Å². The molecule has 0 unspecified atom stereocenters. The lowest BCUT2D eigenvalue weighted by Crippen LogP contribution is -2.26. The number of para-hydroxylation sites is 1. The molecule has 1 fully saturated rings. The molecule has 5 rings (SSSR count). The predicted molar refractivity (Wildman–Crippen MR) is 158 cm³/mol. The van der Waals surface area contributed by atoms with E-state index < -0.39 is 5.91 Å². The Morgan fingerprint density at radius 3 is 2.44 bits per heavy atom. The number of rotatable bonds is 10. The number of aromatic nitrogens is 3. The molecule has 0 radical (unpaired) electrons. The minimum absolute atomic E-state index is 0.0286. The number of pyridine rings is 1. The van der Waals surface area contributed by atoms with Gasteiger partial charge in [0.05, 0.1) is 18.5 Å². The number of carbonyl (C=O) groups is 3. The Kier molecular flexibility index (Phi) is 8.56. The first-order chi connectivity index (χ1) is 20.8. The maximum atomic E-state index is 13.2. The van der Waals surface area contributed by atoms with Gasteiger partial charge < -0.3 is 25.6 Å². The fourth-order valence-corrected chi connectivity index (χ4v) is 4.45.